The Bertz CT molecular complexity index is 402. The van der Waals surface area contributed by atoms with Gasteiger partial charge in [0.05, 0.1) is 18.3 Å². The molecule has 1 saturated heterocycles. The summed E-state index contributed by atoms with van der Waals surface area (Å²) in [5, 5.41) is 20.7. The third-order valence-electron chi connectivity index (χ3n) is 3.19. The molecule has 0 saturated carbocycles. The fourth-order valence-corrected chi connectivity index (χ4v) is 2.34. The zero-order valence-corrected chi connectivity index (χ0v) is 10.3. The largest absolute Gasteiger partial charge is 0.395 e. The van der Waals surface area contributed by atoms with Gasteiger partial charge in [0.25, 0.3) is 0 Å². The number of aliphatic hydroxyl groups is 1. The Labute approximate surface area is 102 Å². The predicted molar refractivity (Wildman–Crippen MR) is 67.9 cm³/mol. The van der Waals surface area contributed by atoms with Crippen LogP contribution in [0.25, 0.3) is 0 Å². The Hall–Kier alpha value is -1.39. The average molecular weight is 233 g/mol. The van der Waals surface area contributed by atoms with Gasteiger partial charge >= 0.3 is 0 Å². The lowest BCUT2D eigenvalue weighted by molar-refractivity contribution is 0.164. The summed E-state index contributed by atoms with van der Waals surface area (Å²) in [6.45, 7) is 4.61. The van der Waals surface area contributed by atoms with Crippen LogP contribution in [0.2, 0.25) is 0 Å². The van der Waals surface area contributed by atoms with Crippen LogP contribution in [0, 0.1) is 5.41 Å². The first-order valence-electron chi connectivity index (χ1n) is 5.86. The lowest BCUT2D eigenvalue weighted by Crippen LogP contribution is -2.47. The lowest BCUT2D eigenvalue weighted by Gasteiger charge is -2.31. The quantitative estimate of drug-likeness (QED) is 0.738. The minimum Gasteiger partial charge on any atom is -0.395 e. The summed E-state index contributed by atoms with van der Waals surface area (Å²) < 4.78 is 0. The van der Waals surface area contributed by atoms with Gasteiger partial charge < -0.3 is 10.0 Å². The molecular weight excluding hydrogens is 214 g/mol. The molecule has 3 N–H and O–H groups in total. The molecule has 0 bridgehead atoms. The monoisotopic (exact) mass is 233 g/mol. The molecule has 4 heteroatoms. The number of hydrogen-bond acceptors (Lipinski definition) is 3. The highest BCUT2D eigenvalue weighted by molar-refractivity contribution is 5.88. The number of benzene rings is 1. The number of β-amino-alcohol motifs (C(OH)–C–C–N with tert-alkyl or cyclic N) is 1. The molecule has 17 heavy (non-hydrogen) atoms. The number of rotatable bonds is 3. The summed E-state index contributed by atoms with van der Waals surface area (Å²) in [5.41, 5.74) is 0.798. The fourth-order valence-electron chi connectivity index (χ4n) is 2.34. The van der Waals surface area contributed by atoms with E-state index >= 15 is 0 Å². The van der Waals surface area contributed by atoms with Gasteiger partial charge in [-0.15, -0.1) is 0 Å². The second kappa shape index (κ2) is 4.47. The van der Waals surface area contributed by atoms with Crippen molar-refractivity contribution >= 4 is 5.84 Å². The lowest BCUT2D eigenvalue weighted by atomic mass is 10.1. The molecule has 1 fully saturated rings. The van der Waals surface area contributed by atoms with Crippen molar-refractivity contribution in [2.24, 2.45) is 0 Å². The Morgan fingerprint density at radius 3 is 2.59 bits per heavy atom. The number of aliphatic hydroxyl groups excluding tert-OH is 1. The molecule has 0 unspecified atom stereocenters. The molecule has 0 aromatic heterocycles. The van der Waals surface area contributed by atoms with Crippen LogP contribution in [0.1, 0.15) is 25.5 Å². The van der Waals surface area contributed by atoms with E-state index in [9.17, 15) is 0 Å². The smallest absolute Gasteiger partial charge is 0.120 e. The zero-order valence-electron chi connectivity index (χ0n) is 10.3. The highest BCUT2D eigenvalue weighted by atomic mass is 16.3. The van der Waals surface area contributed by atoms with Gasteiger partial charge in [-0.2, -0.15) is 0 Å². The summed E-state index contributed by atoms with van der Waals surface area (Å²) in [6, 6.07) is 9.88. The number of nitrogens with zero attached hydrogens (tertiary/aromatic N) is 1. The van der Waals surface area contributed by atoms with Gasteiger partial charge in [-0.05, 0) is 19.4 Å². The van der Waals surface area contributed by atoms with Gasteiger partial charge in [0.2, 0.25) is 0 Å². The minimum atomic E-state index is -0.291. The SMILES string of the molecule is CC1(C)N[C@@H](c2ccccc2)C(=N)N1CCO. The molecule has 1 aliphatic rings. The Morgan fingerprint density at radius 1 is 1.35 bits per heavy atom. The van der Waals surface area contributed by atoms with E-state index in [-0.39, 0.29) is 18.3 Å². The Morgan fingerprint density at radius 2 is 2.00 bits per heavy atom. The highest BCUT2D eigenvalue weighted by Crippen LogP contribution is 2.29. The third kappa shape index (κ3) is 2.18. The number of nitrogens with one attached hydrogen (secondary N) is 2. The average Bonchev–Trinajstić information content (AvgIpc) is 2.54. The predicted octanol–water partition coefficient (Wildman–Crippen LogP) is 1.34. The van der Waals surface area contributed by atoms with Crippen molar-refractivity contribution in [3.63, 3.8) is 0 Å². The van der Waals surface area contributed by atoms with Crippen LogP contribution in [0.15, 0.2) is 30.3 Å². The summed E-state index contributed by atoms with van der Waals surface area (Å²) in [4.78, 5) is 1.91. The molecule has 1 aromatic carbocycles. The molecule has 92 valence electrons. The Balaban J connectivity index is 2.26. The van der Waals surface area contributed by atoms with E-state index in [2.05, 4.69) is 5.32 Å². The zero-order chi connectivity index (χ0) is 12.5. The molecule has 0 spiro atoms. The first kappa shape index (κ1) is 12.1. The van der Waals surface area contributed by atoms with Crippen molar-refractivity contribution in [1.82, 2.24) is 10.2 Å². The number of amidine groups is 1. The molecule has 1 aliphatic heterocycles. The van der Waals surface area contributed by atoms with E-state index in [1.54, 1.807) is 0 Å². The molecular formula is C13H19N3O. The van der Waals surface area contributed by atoms with Crippen LogP contribution in [0.5, 0.6) is 0 Å². The highest BCUT2D eigenvalue weighted by Gasteiger charge is 2.41. The van der Waals surface area contributed by atoms with Crippen LogP contribution >= 0.6 is 0 Å². The van der Waals surface area contributed by atoms with Crippen molar-refractivity contribution in [2.45, 2.75) is 25.6 Å². The van der Waals surface area contributed by atoms with Gasteiger partial charge in [-0.3, -0.25) is 10.7 Å². The van der Waals surface area contributed by atoms with Crippen molar-refractivity contribution in [3.8, 4) is 0 Å². The van der Waals surface area contributed by atoms with Crippen LogP contribution in [-0.2, 0) is 0 Å². The molecule has 4 nitrogen and oxygen atoms in total. The van der Waals surface area contributed by atoms with Gasteiger partial charge in [0, 0.05) is 6.54 Å². The normalized spacial score (nSPS) is 23.1. The van der Waals surface area contributed by atoms with Crippen LogP contribution in [0.3, 0.4) is 0 Å². The fraction of sp³-hybridized carbons (Fsp3) is 0.462. The van der Waals surface area contributed by atoms with Gasteiger partial charge in [-0.1, -0.05) is 30.3 Å². The van der Waals surface area contributed by atoms with E-state index in [0.717, 1.165) is 5.56 Å². The minimum absolute atomic E-state index is 0.0645. The molecule has 0 aliphatic carbocycles. The van der Waals surface area contributed by atoms with E-state index in [1.165, 1.54) is 0 Å². The molecule has 2 rings (SSSR count). The van der Waals surface area contributed by atoms with E-state index in [1.807, 2.05) is 49.1 Å². The van der Waals surface area contributed by atoms with Gasteiger partial charge in [0.15, 0.2) is 0 Å². The Kier molecular flexibility index (Phi) is 3.17. The van der Waals surface area contributed by atoms with Crippen LogP contribution < -0.4 is 5.32 Å². The standard InChI is InChI=1S/C13H19N3O/c1-13(2)15-11(10-6-4-3-5-7-10)12(14)16(13)8-9-17/h3-7,11,14-15,17H,8-9H2,1-2H3/t11-/m0/s1. The molecule has 1 heterocycles. The van der Waals surface area contributed by atoms with Crippen molar-refractivity contribution < 1.29 is 5.11 Å². The summed E-state index contributed by atoms with van der Waals surface area (Å²) in [5.74, 6) is 0.523. The van der Waals surface area contributed by atoms with Gasteiger partial charge in [-0.25, -0.2) is 0 Å². The summed E-state index contributed by atoms with van der Waals surface area (Å²) in [7, 11) is 0. The van der Waals surface area contributed by atoms with Crippen LogP contribution in [-0.4, -0.2) is 34.7 Å². The summed E-state index contributed by atoms with van der Waals surface area (Å²) in [6.07, 6.45) is 0. The maximum Gasteiger partial charge on any atom is 0.120 e. The maximum absolute atomic E-state index is 9.07. The molecule has 1 aromatic rings. The first-order chi connectivity index (χ1) is 8.06. The summed E-state index contributed by atoms with van der Waals surface area (Å²) >= 11 is 0. The maximum atomic E-state index is 9.07. The third-order valence-corrected chi connectivity index (χ3v) is 3.19. The van der Waals surface area contributed by atoms with E-state index in [4.69, 9.17) is 10.5 Å². The van der Waals surface area contributed by atoms with E-state index in [0.29, 0.717) is 12.4 Å². The molecule has 0 amide bonds. The van der Waals surface area contributed by atoms with Crippen molar-refractivity contribution in [1.29, 1.82) is 5.41 Å². The second-order valence-electron chi connectivity index (χ2n) is 4.81. The van der Waals surface area contributed by atoms with Gasteiger partial charge in [0.1, 0.15) is 5.84 Å². The number of hydrogen-bond donors (Lipinski definition) is 3. The second-order valence-corrected chi connectivity index (χ2v) is 4.81. The first-order valence-corrected chi connectivity index (χ1v) is 5.86. The van der Waals surface area contributed by atoms with Crippen LogP contribution in [0.4, 0.5) is 0 Å². The molecule has 1 atom stereocenters. The molecule has 0 radical (unpaired) electrons. The van der Waals surface area contributed by atoms with E-state index < -0.39 is 0 Å². The topological polar surface area (TPSA) is 59.4 Å². The van der Waals surface area contributed by atoms with Crippen molar-refractivity contribution in [3.05, 3.63) is 35.9 Å². The van der Waals surface area contributed by atoms with Crippen molar-refractivity contribution in [2.75, 3.05) is 13.2 Å².